The lowest BCUT2D eigenvalue weighted by Gasteiger charge is -2.46. The normalized spacial score (nSPS) is 28.0. The van der Waals surface area contributed by atoms with Crippen molar-refractivity contribution in [1.29, 1.82) is 0 Å². The Kier molecular flexibility index (Phi) is 6.23. The summed E-state index contributed by atoms with van der Waals surface area (Å²) in [5.41, 5.74) is 5.31. The summed E-state index contributed by atoms with van der Waals surface area (Å²) in [6, 6.07) is 0. The van der Waals surface area contributed by atoms with Crippen molar-refractivity contribution in [2.24, 2.45) is 11.7 Å². The summed E-state index contributed by atoms with van der Waals surface area (Å²) in [5.74, 6) is 0.398. The minimum absolute atomic E-state index is 0.236. The van der Waals surface area contributed by atoms with Crippen LogP contribution >= 0.6 is 0 Å². The molecule has 0 aromatic carbocycles. The summed E-state index contributed by atoms with van der Waals surface area (Å²) in [5, 5.41) is -0.837. The van der Waals surface area contributed by atoms with E-state index in [2.05, 4.69) is 6.92 Å². The molecule has 0 spiro atoms. The zero-order valence-electron chi connectivity index (χ0n) is 13.2. The summed E-state index contributed by atoms with van der Waals surface area (Å²) in [4.78, 5) is 0. The minimum Gasteiger partial charge on any atom is -0.329 e. The second-order valence-electron chi connectivity index (χ2n) is 6.36. The van der Waals surface area contributed by atoms with Crippen LogP contribution in [0, 0.1) is 5.92 Å². The van der Waals surface area contributed by atoms with Crippen molar-refractivity contribution >= 4 is 19.9 Å². The first-order valence-corrected chi connectivity index (χ1v) is 11.1. The Morgan fingerprint density at radius 3 is 2.33 bits per heavy atom. The van der Waals surface area contributed by atoms with Crippen molar-refractivity contribution in [2.45, 2.75) is 51.5 Å². The lowest BCUT2D eigenvalue weighted by atomic mass is 9.76. The highest BCUT2D eigenvalue weighted by Gasteiger charge is 2.45. The van der Waals surface area contributed by atoms with E-state index in [4.69, 9.17) is 5.73 Å². The van der Waals surface area contributed by atoms with Gasteiger partial charge in [0.2, 0.25) is 10.0 Å². The molecule has 1 aliphatic carbocycles. The SMILES string of the molecule is CCCN(C1(CN)CCCC(C)C1)S(=O)(=O)CS(C)(=O)=O. The third-order valence-corrected chi connectivity index (χ3v) is 8.25. The molecule has 2 N–H and O–H groups in total. The molecule has 0 heterocycles. The summed E-state index contributed by atoms with van der Waals surface area (Å²) in [6.45, 7) is 4.54. The van der Waals surface area contributed by atoms with Gasteiger partial charge in [-0.2, -0.15) is 4.31 Å². The molecule has 1 aliphatic rings. The van der Waals surface area contributed by atoms with Crippen LogP contribution in [0.4, 0.5) is 0 Å². The van der Waals surface area contributed by atoms with Gasteiger partial charge >= 0.3 is 0 Å². The standard InChI is InChI=1S/C13H28N2O4S2/c1-4-8-15(21(18,19)11-20(3,16)17)13(10-14)7-5-6-12(2)9-13/h12H,4-11,14H2,1-3H3. The van der Waals surface area contributed by atoms with Crippen molar-refractivity contribution in [1.82, 2.24) is 4.31 Å². The highest BCUT2D eigenvalue weighted by Crippen LogP contribution is 2.38. The van der Waals surface area contributed by atoms with Gasteiger partial charge in [-0.25, -0.2) is 16.8 Å². The molecule has 2 unspecified atom stereocenters. The third-order valence-electron chi connectivity index (χ3n) is 4.10. The largest absolute Gasteiger partial charge is 0.329 e. The summed E-state index contributed by atoms with van der Waals surface area (Å²) in [7, 11) is -7.47. The molecule has 21 heavy (non-hydrogen) atoms. The number of sulfonamides is 1. The average Bonchev–Trinajstić information content (AvgIpc) is 2.32. The molecule has 6 nitrogen and oxygen atoms in total. The fraction of sp³-hybridized carbons (Fsp3) is 1.00. The van der Waals surface area contributed by atoms with Gasteiger partial charge in [-0.15, -0.1) is 0 Å². The zero-order chi connectivity index (χ0) is 16.3. The predicted octanol–water partition coefficient (Wildman–Crippen LogP) is 0.938. The number of hydrogen-bond donors (Lipinski definition) is 1. The molecular weight excluding hydrogens is 312 g/mol. The first kappa shape index (κ1) is 18.9. The number of sulfone groups is 1. The van der Waals surface area contributed by atoms with Gasteiger partial charge in [0.15, 0.2) is 14.9 Å². The fourth-order valence-corrected chi connectivity index (χ4v) is 7.32. The van der Waals surface area contributed by atoms with E-state index in [-0.39, 0.29) is 6.54 Å². The Morgan fingerprint density at radius 1 is 1.29 bits per heavy atom. The van der Waals surface area contributed by atoms with Crippen LogP contribution in [0.5, 0.6) is 0 Å². The Morgan fingerprint density at radius 2 is 1.90 bits per heavy atom. The smallest absolute Gasteiger partial charge is 0.229 e. The van der Waals surface area contributed by atoms with Crippen molar-refractivity contribution in [3.63, 3.8) is 0 Å². The van der Waals surface area contributed by atoms with Crippen molar-refractivity contribution < 1.29 is 16.8 Å². The van der Waals surface area contributed by atoms with Crippen LogP contribution < -0.4 is 5.73 Å². The monoisotopic (exact) mass is 340 g/mol. The molecule has 0 amide bonds. The van der Waals surface area contributed by atoms with Gasteiger partial charge < -0.3 is 5.73 Å². The van der Waals surface area contributed by atoms with E-state index in [0.717, 1.165) is 19.1 Å². The van der Waals surface area contributed by atoms with Gasteiger partial charge in [-0.05, 0) is 25.2 Å². The van der Waals surface area contributed by atoms with E-state index < -0.39 is 30.5 Å². The van der Waals surface area contributed by atoms with Crippen LogP contribution in [0.25, 0.3) is 0 Å². The molecule has 8 heteroatoms. The quantitative estimate of drug-likeness (QED) is 0.744. The van der Waals surface area contributed by atoms with Crippen LogP contribution in [0.2, 0.25) is 0 Å². The van der Waals surface area contributed by atoms with E-state index in [1.54, 1.807) is 0 Å². The molecular formula is C13H28N2O4S2. The first-order chi connectivity index (χ1) is 9.56. The lowest BCUT2D eigenvalue weighted by molar-refractivity contribution is 0.109. The second-order valence-corrected chi connectivity index (χ2v) is 10.8. The van der Waals surface area contributed by atoms with E-state index in [1.807, 2.05) is 6.92 Å². The van der Waals surface area contributed by atoms with Crippen LogP contribution in [0.1, 0.15) is 46.0 Å². The Bertz CT molecular complexity index is 545. The number of hydrogen-bond acceptors (Lipinski definition) is 5. The highest BCUT2D eigenvalue weighted by molar-refractivity contribution is 8.06. The molecule has 0 bridgehead atoms. The summed E-state index contributed by atoms with van der Waals surface area (Å²) < 4.78 is 49.5. The van der Waals surface area contributed by atoms with Gasteiger partial charge in [-0.1, -0.05) is 26.7 Å². The fourth-order valence-electron chi connectivity index (χ4n) is 3.35. The van der Waals surface area contributed by atoms with E-state index in [9.17, 15) is 16.8 Å². The third kappa shape index (κ3) is 4.91. The van der Waals surface area contributed by atoms with Crippen LogP contribution in [0.15, 0.2) is 0 Å². The van der Waals surface area contributed by atoms with Crippen LogP contribution in [-0.4, -0.2) is 51.1 Å². The number of nitrogens with zero attached hydrogens (tertiary/aromatic N) is 1. The molecule has 1 saturated carbocycles. The number of nitrogens with two attached hydrogens (primary N) is 1. The predicted molar refractivity (Wildman–Crippen MR) is 85.0 cm³/mol. The Hall–Kier alpha value is -0.180. The zero-order valence-corrected chi connectivity index (χ0v) is 14.8. The van der Waals surface area contributed by atoms with Gasteiger partial charge in [0.05, 0.1) is 0 Å². The molecule has 0 aromatic heterocycles. The molecule has 0 aliphatic heterocycles. The Labute approximate surface area is 129 Å². The lowest BCUT2D eigenvalue weighted by Crippen LogP contribution is -2.59. The second kappa shape index (κ2) is 6.93. The number of rotatable bonds is 7. The van der Waals surface area contributed by atoms with Crippen LogP contribution in [0.3, 0.4) is 0 Å². The van der Waals surface area contributed by atoms with E-state index in [0.29, 0.717) is 31.7 Å². The Balaban J connectivity index is 3.20. The van der Waals surface area contributed by atoms with Gasteiger partial charge in [0.25, 0.3) is 0 Å². The van der Waals surface area contributed by atoms with Gasteiger partial charge in [-0.3, -0.25) is 0 Å². The summed E-state index contributed by atoms with van der Waals surface area (Å²) in [6.07, 6.45) is 4.98. The topological polar surface area (TPSA) is 97.5 Å². The maximum Gasteiger partial charge on any atom is 0.229 e. The highest BCUT2D eigenvalue weighted by atomic mass is 32.3. The molecule has 2 atom stereocenters. The van der Waals surface area contributed by atoms with Crippen molar-refractivity contribution in [2.75, 3.05) is 24.4 Å². The van der Waals surface area contributed by atoms with Crippen molar-refractivity contribution in [3.8, 4) is 0 Å². The molecule has 0 saturated heterocycles. The van der Waals surface area contributed by atoms with Crippen LogP contribution in [-0.2, 0) is 19.9 Å². The minimum atomic E-state index is -3.87. The van der Waals surface area contributed by atoms with E-state index >= 15 is 0 Å². The van der Waals surface area contributed by atoms with Crippen molar-refractivity contribution in [3.05, 3.63) is 0 Å². The molecule has 0 aromatic rings. The average molecular weight is 341 g/mol. The molecule has 0 radical (unpaired) electrons. The van der Waals surface area contributed by atoms with Gasteiger partial charge in [0, 0.05) is 24.9 Å². The summed E-state index contributed by atoms with van der Waals surface area (Å²) >= 11 is 0. The maximum atomic E-state index is 12.6. The maximum absolute atomic E-state index is 12.6. The molecule has 1 rings (SSSR count). The molecule has 126 valence electrons. The van der Waals surface area contributed by atoms with E-state index in [1.165, 1.54) is 4.31 Å². The van der Waals surface area contributed by atoms with Gasteiger partial charge in [0.1, 0.15) is 0 Å². The molecule has 1 fully saturated rings. The first-order valence-electron chi connectivity index (χ1n) is 7.44.